The van der Waals surface area contributed by atoms with Crippen molar-refractivity contribution in [1.82, 2.24) is 14.9 Å². The summed E-state index contributed by atoms with van der Waals surface area (Å²) in [5.41, 5.74) is 1.16. The molecule has 1 saturated heterocycles. The third kappa shape index (κ3) is 3.75. The highest BCUT2D eigenvalue weighted by atomic mass is 16.5. The number of methoxy groups -OCH3 is 1. The molecule has 7 nitrogen and oxygen atoms in total. The van der Waals surface area contributed by atoms with Crippen LogP contribution in [-0.4, -0.2) is 54.2 Å². The summed E-state index contributed by atoms with van der Waals surface area (Å²) in [6.45, 7) is 2.29. The predicted octanol–water partition coefficient (Wildman–Crippen LogP) is 1.70. The van der Waals surface area contributed by atoms with Crippen molar-refractivity contribution in [3.05, 3.63) is 42.2 Å². The van der Waals surface area contributed by atoms with Crippen LogP contribution in [0.3, 0.4) is 0 Å². The van der Waals surface area contributed by atoms with E-state index in [2.05, 4.69) is 15.3 Å². The fourth-order valence-corrected chi connectivity index (χ4v) is 2.30. The molecule has 0 spiro atoms. The van der Waals surface area contributed by atoms with Crippen molar-refractivity contribution >= 4 is 17.5 Å². The van der Waals surface area contributed by atoms with Gasteiger partial charge in [-0.25, -0.2) is 9.97 Å². The number of anilines is 2. The normalized spacial score (nSPS) is 14.4. The molecule has 1 aliphatic rings. The third-order valence-corrected chi connectivity index (χ3v) is 3.50. The van der Waals surface area contributed by atoms with Crippen LogP contribution in [0.1, 0.15) is 10.5 Å². The predicted molar refractivity (Wildman–Crippen MR) is 85.0 cm³/mol. The van der Waals surface area contributed by atoms with Gasteiger partial charge in [0.1, 0.15) is 11.4 Å². The Kier molecular flexibility index (Phi) is 4.68. The van der Waals surface area contributed by atoms with Gasteiger partial charge in [-0.3, -0.25) is 4.79 Å². The van der Waals surface area contributed by atoms with Gasteiger partial charge in [0.25, 0.3) is 5.91 Å². The average Bonchev–Trinajstić information content (AvgIpc) is 2.62. The summed E-state index contributed by atoms with van der Waals surface area (Å²) in [5.74, 6) is 0.998. The maximum atomic E-state index is 12.4. The van der Waals surface area contributed by atoms with Crippen LogP contribution in [0.2, 0.25) is 0 Å². The number of nitrogens with zero attached hydrogens (tertiary/aromatic N) is 3. The van der Waals surface area contributed by atoms with Crippen molar-refractivity contribution in [2.45, 2.75) is 0 Å². The summed E-state index contributed by atoms with van der Waals surface area (Å²) in [4.78, 5) is 22.6. The SMILES string of the molecule is COc1cccc(Nc2nccc(C(=O)N3CCOCC3)n2)c1. The Morgan fingerprint density at radius 3 is 2.91 bits per heavy atom. The van der Waals surface area contributed by atoms with Crippen molar-refractivity contribution in [2.75, 3.05) is 38.7 Å². The van der Waals surface area contributed by atoms with Crippen molar-refractivity contribution in [3.8, 4) is 5.75 Å². The van der Waals surface area contributed by atoms with Gasteiger partial charge < -0.3 is 19.7 Å². The van der Waals surface area contributed by atoms with Crippen molar-refractivity contribution in [2.24, 2.45) is 0 Å². The topological polar surface area (TPSA) is 76.6 Å². The van der Waals surface area contributed by atoms with E-state index in [-0.39, 0.29) is 5.91 Å². The Morgan fingerprint density at radius 2 is 2.13 bits per heavy atom. The van der Waals surface area contributed by atoms with Crippen LogP contribution in [-0.2, 0) is 4.74 Å². The van der Waals surface area contributed by atoms with Crippen molar-refractivity contribution in [1.29, 1.82) is 0 Å². The molecule has 0 radical (unpaired) electrons. The first-order valence-electron chi connectivity index (χ1n) is 7.37. The zero-order chi connectivity index (χ0) is 16.1. The van der Waals surface area contributed by atoms with E-state index in [1.165, 1.54) is 0 Å². The quantitative estimate of drug-likeness (QED) is 0.925. The maximum absolute atomic E-state index is 12.4. The Labute approximate surface area is 134 Å². The zero-order valence-corrected chi connectivity index (χ0v) is 12.9. The minimum Gasteiger partial charge on any atom is -0.497 e. The fraction of sp³-hybridized carbons (Fsp3) is 0.312. The number of ether oxygens (including phenoxy) is 2. The molecule has 1 aromatic carbocycles. The molecule has 1 N–H and O–H groups in total. The number of rotatable bonds is 4. The van der Waals surface area contributed by atoms with E-state index in [1.807, 2.05) is 24.3 Å². The molecule has 0 aliphatic carbocycles. The number of benzene rings is 1. The Balaban J connectivity index is 1.75. The van der Waals surface area contributed by atoms with Gasteiger partial charge in [-0.2, -0.15) is 0 Å². The number of morpholine rings is 1. The molecule has 23 heavy (non-hydrogen) atoms. The highest BCUT2D eigenvalue weighted by Crippen LogP contribution is 2.19. The lowest BCUT2D eigenvalue weighted by molar-refractivity contribution is 0.0299. The number of hydrogen-bond acceptors (Lipinski definition) is 6. The molecule has 2 aromatic rings. The highest BCUT2D eigenvalue weighted by molar-refractivity contribution is 5.92. The van der Waals surface area contributed by atoms with Gasteiger partial charge in [0, 0.05) is 31.0 Å². The van der Waals surface area contributed by atoms with Crippen LogP contribution in [0.4, 0.5) is 11.6 Å². The first-order chi connectivity index (χ1) is 11.3. The Bertz CT molecular complexity index is 687. The third-order valence-electron chi connectivity index (χ3n) is 3.50. The van der Waals surface area contributed by atoms with Crippen molar-refractivity contribution < 1.29 is 14.3 Å². The van der Waals surface area contributed by atoms with E-state index < -0.39 is 0 Å². The minimum atomic E-state index is -0.107. The lowest BCUT2D eigenvalue weighted by Gasteiger charge is -2.26. The van der Waals surface area contributed by atoms with E-state index in [4.69, 9.17) is 9.47 Å². The molecule has 0 atom stereocenters. The first-order valence-corrected chi connectivity index (χ1v) is 7.37. The van der Waals surface area contributed by atoms with Gasteiger partial charge in [0.15, 0.2) is 0 Å². The standard InChI is InChI=1S/C16H18N4O3/c1-22-13-4-2-3-12(11-13)18-16-17-6-5-14(19-16)15(21)20-7-9-23-10-8-20/h2-6,11H,7-10H2,1H3,(H,17,18,19). The van der Waals surface area contributed by atoms with Gasteiger partial charge >= 0.3 is 0 Å². The molecule has 0 saturated carbocycles. The van der Waals surface area contributed by atoms with Crippen LogP contribution in [0.5, 0.6) is 5.75 Å². The summed E-state index contributed by atoms with van der Waals surface area (Å²) in [7, 11) is 1.61. The summed E-state index contributed by atoms with van der Waals surface area (Å²) < 4.78 is 10.4. The lowest BCUT2D eigenvalue weighted by Crippen LogP contribution is -2.41. The van der Waals surface area contributed by atoms with E-state index in [0.717, 1.165) is 11.4 Å². The second kappa shape index (κ2) is 7.06. The molecule has 0 bridgehead atoms. The summed E-state index contributed by atoms with van der Waals surface area (Å²) in [5, 5.41) is 3.08. The zero-order valence-electron chi connectivity index (χ0n) is 12.9. The summed E-state index contributed by atoms with van der Waals surface area (Å²) in [6, 6.07) is 9.05. The largest absolute Gasteiger partial charge is 0.497 e. The molecule has 0 unspecified atom stereocenters. The lowest BCUT2D eigenvalue weighted by atomic mass is 10.3. The number of amides is 1. The van der Waals surface area contributed by atoms with Crippen LogP contribution in [0.15, 0.2) is 36.5 Å². The molecule has 1 aromatic heterocycles. The Hall–Kier alpha value is -2.67. The number of nitrogens with one attached hydrogen (secondary N) is 1. The molecule has 7 heteroatoms. The van der Waals surface area contributed by atoms with E-state index in [1.54, 1.807) is 24.3 Å². The van der Waals surface area contributed by atoms with Crippen LogP contribution in [0.25, 0.3) is 0 Å². The van der Waals surface area contributed by atoms with Crippen LogP contribution in [0, 0.1) is 0 Å². The van der Waals surface area contributed by atoms with E-state index >= 15 is 0 Å². The summed E-state index contributed by atoms with van der Waals surface area (Å²) >= 11 is 0. The molecule has 120 valence electrons. The molecule has 1 amide bonds. The average molecular weight is 314 g/mol. The molecular formula is C16H18N4O3. The van der Waals surface area contributed by atoms with Crippen LogP contribution >= 0.6 is 0 Å². The number of carbonyl (C=O) groups excluding carboxylic acids is 1. The second-order valence-corrected chi connectivity index (χ2v) is 5.03. The minimum absolute atomic E-state index is 0.107. The molecule has 2 heterocycles. The van der Waals surface area contributed by atoms with Gasteiger partial charge in [-0.15, -0.1) is 0 Å². The van der Waals surface area contributed by atoms with Crippen LogP contribution < -0.4 is 10.1 Å². The molecule has 3 rings (SSSR count). The van der Waals surface area contributed by atoms with Gasteiger partial charge in [-0.1, -0.05) is 6.07 Å². The van der Waals surface area contributed by atoms with E-state index in [9.17, 15) is 4.79 Å². The van der Waals surface area contributed by atoms with Crippen molar-refractivity contribution in [3.63, 3.8) is 0 Å². The molecular weight excluding hydrogens is 296 g/mol. The van der Waals surface area contributed by atoms with E-state index in [0.29, 0.717) is 37.9 Å². The monoisotopic (exact) mass is 314 g/mol. The second-order valence-electron chi connectivity index (χ2n) is 5.03. The van der Waals surface area contributed by atoms with Gasteiger partial charge in [0.2, 0.25) is 5.95 Å². The number of hydrogen-bond donors (Lipinski definition) is 1. The molecule has 1 aliphatic heterocycles. The Morgan fingerprint density at radius 1 is 1.30 bits per heavy atom. The fourth-order valence-electron chi connectivity index (χ4n) is 2.30. The van der Waals surface area contributed by atoms with Gasteiger partial charge in [0.05, 0.1) is 20.3 Å². The maximum Gasteiger partial charge on any atom is 0.272 e. The highest BCUT2D eigenvalue weighted by Gasteiger charge is 2.20. The summed E-state index contributed by atoms with van der Waals surface area (Å²) in [6.07, 6.45) is 1.57. The number of carbonyl (C=O) groups is 1. The first kappa shape index (κ1) is 15.2. The van der Waals surface area contributed by atoms with Gasteiger partial charge in [-0.05, 0) is 18.2 Å². The number of aromatic nitrogens is 2. The smallest absolute Gasteiger partial charge is 0.272 e. The molecule has 1 fully saturated rings.